The third kappa shape index (κ3) is 4.07. The number of aromatic nitrogens is 5. The Hall–Kier alpha value is -2.98. The van der Waals surface area contributed by atoms with Crippen LogP contribution in [-0.2, 0) is 17.7 Å². The minimum Gasteiger partial charge on any atom is -0.479 e. The first-order valence-electron chi connectivity index (χ1n) is 11.0. The fourth-order valence-corrected chi connectivity index (χ4v) is 4.43. The number of rotatable bonds is 5. The van der Waals surface area contributed by atoms with Gasteiger partial charge >= 0.3 is 0 Å². The number of anilines is 1. The molecule has 0 aliphatic carbocycles. The van der Waals surface area contributed by atoms with Gasteiger partial charge in [0.05, 0.1) is 31.8 Å². The van der Waals surface area contributed by atoms with E-state index in [1.165, 1.54) is 26.0 Å². The number of likely N-dealkylation sites (tertiary alicyclic amines) is 1. The zero-order chi connectivity index (χ0) is 22.1. The Kier molecular flexibility index (Phi) is 5.79. The SMILES string of the molecule is COc1ncc(-c2nn(-c3cnn(CC4CCN(C)CC4)c3)c3c2CCOCN3)cc1F. The predicted octanol–water partition coefficient (Wildman–Crippen LogP) is 2.56. The zero-order valence-corrected chi connectivity index (χ0v) is 18.4. The Morgan fingerprint density at radius 2 is 2.12 bits per heavy atom. The number of halogens is 1. The lowest BCUT2D eigenvalue weighted by atomic mass is 9.97. The second kappa shape index (κ2) is 8.87. The molecule has 9 nitrogen and oxygen atoms in total. The lowest BCUT2D eigenvalue weighted by Gasteiger charge is -2.28. The number of hydrogen-bond acceptors (Lipinski definition) is 7. The molecule has 1 fully saturated rings. The van der Waals surface area contributed by atoms with Crippen LogP contribution in [-0.4, -0.2) is 70.0 Å². The molecule has 0 unspecified atom stereocenters. The van der Waals surface area contributed by atoms with Gasteiger partial charge < -0.3 is 19.7 Å². The third-order valence-corrected chi connectivity index (χ3v) is 6.24. The summed E-state index contributed by atoms with van der Waals surface area (Å²) in [5, 5.41) is 12.7. The molecule has 5 heterocycles. The standard InChI is InChI=1S/C22H28FN7O2/c1-28-6-3-15(4-7-28)12-29-13-17(11-26-29)30-21-18(5-8-32-14-25-21)20(27-30)16-9-19(23)22(31-2)24-10-16/h9-11,13,15,25H,3-8,12,14H2,1-2H3. The van der Waals surface area contributed by atoms with Crippen LogP contribution in [0.1, 0.15) is 18.4 Å². The average Bonchev–Trinajstić information content (AvgIpc) is 3.32. The summed E-state index contributed by atoms with van der Waals surface area (Å²) in [6.07, 6.45) is 8.46. The van der Waals surface area contributed by atoms with E-state index < -0.39 is 5.82 Å². The zero-order valence-electron chi connectivity index (χ0n) is 18.4. The van der Waals surface area contributed by atoms with Crippen LogP contribution in [0.15, 0.2) is 24.7 Å². The van der Waals surface area contributed by atoms with Crippen LogP contribution in [0.4, 0.5) is 10.2 Å². The van der Waals surface area contributed by atoms with Crippen molar-refractivity contribution in [1.82, 2.24) is 29.4 Å². The van der Waals surface area contributed by atoms with Gasteiger partial charge in [-0.2, -0.15) is 10.2 Å². The van der Waals surface area contributed by atoms with Gasteiger partial charge in [-0.3, -0.25) is 4.68 Å². The molecule has 32 heavy (non-hydrogen) atoms. The van der Waals surface area contributed by atoms with Crippen molar-refractivity contribution in [3.05, 3.63) is 36.0 Å². The normalized spacial score (nSPS) is 17.6. The maximum Gasteiger partial charge on any atom is 0.250 e. The molecule has 1 N–H and O–H groups in total. The van der Waals surface area contributed by atoms with Gasteiger partial charge in [-0.25, -0.2) is 14.1 Å². The van der Waals surface area contributed by atoms with Crippen molar-refractivity contribution in [2.24, 2.45) is 5.92 Å². The largest absolute Gasteiger partial charge is 0.479 e. The highest BCUT2D eigenvalue weighted by molar-refractivity contribution is 5.70. The maximum atomic E-state index is 14.3. The van der Waals surface area contributed by atoms with Crippen LogP contribution in [0, 0.1) is 11.7 Å². The van der Waals surface area contributed by atoms with Crippen LogP contribution in [0.5, 0.6) is 5.88 Å². The summed E-state index contributed by atoms with van der Waals surface area (Å²) in [7, 11) is 3.57. The van der Waals surface area contributed by atoms with E-state index in [2.05, 4.69) is 27.3 Å². The number of ether oxygens (including phenoxy) is 2. The molecule has 3 aromatic heterocycles. The van der Waals surface area contributed by atoms with Crippen molar-refractivity contribution in [3.8, 4) is 22.8 Å². The topological polar surface area (TPSA) is 82.3 Å². The van der Waals surface area contributed by atoms with E-state index in [4.69, 9.17) is 14.6 Å². The minimum absolute atomic E-state index is 0.0316. The Balaban J connectivity index is 1.47. The molecular weight excluding hydrogens is 413 g/mol. The molecule has 10 heteroatoms. The van der Waals surface area contributed by atoms with Crippen molar-refractivity contribution >= 4 is 5.82 Å². The van der Waals surface area contributed by atoms with E-state index in [1.54, 1.807) is 6.20 Å². The van der Waals surface area contributed by atoms with E-state index >= 15 is 0 Å². The Morgan fingerprint density at radius 3 is 2.91 bits per heavy atom. The summed E-state index contributed by atoms with van der Waals surface area (Å²) in [5.41, 5.74) is 3.10. The first-order valence-corrected chi connectivity index (χ1v) is 11.0. The van der Waals surface area contributed by atoms with Crippen LogP contribution >= 0.6 is 0 Å². The second-order valence-electron chi connectivity index (χ2n) is 8.45. The monoisotopic (exact) mass is 441 g/mol. The minimum atomic E-state index is -0.517. The van der Waals surface area contributed by atoms with Gasteiger partial charge in [0, 0.05) is 30.3 Å². The molecule has 0 atom stereocenters. The highest BCUT2D eigenvalue weighted by Gasteiger charge is 2.24. The van der Waals surface area contributed by atoms with Crippen LogP contribution in [0.3, 0.4) is 0 Å². The molecule has 170 valence electrons. The van der Waals surface area contributed by atoms with Crippen molar-refractivity contribution in [2.45, 2.75) is 25.8 Å². The van der Waals surface area contributed by atoms with Crippen LogP contribution in [0.25, 0.3) is 16.9 Å². The van der Waals surface area contributed by atoms with E-state index in [-0.39, 0.29) is 5.88 Å². The van der Waals surface area contributed by atoms with Crippen molar-refractivity contribution in [3.63, 3.8) is 0 Å². The quantitative estimate of drug-likeness (QED) is 0.652. The first kappa shape index (κ1) is 20.9. The Bertz CT molecular complexity index is 1090. The van der Waals surface area contributed by atoms with Gasteiger partial charge in [-0.15, -0.1) is 0 Å². The lowest BCUT2D eigenvalue weighted by Crippen LogP contribution is -2.31. The van der Waals surface area contributed by atoms with E-state index in [0.717, 1.165) is 36.7 Å². The van der Waals surface area contributed by atoms with Gasteiger partial charge in [-0.1, -0.05) is 0 Å². The number of nitrogens with zero attached hydrogens (tertiary/aromatic N) is 6. The van der Waals surface area contributed by atoms with Crippen molar-refractivity contribution in [2.75, 3.05) is 45.9 Å². The summed E-state index contributed by atoms with van der Waals surface area (Å²) in [6, 6.07) is 1.41. The molecule has 0 spiro atoms. The predicted molar refractivity (Wildman–Crippen MR) is 117 cm³/mol. The molecule has 5 rings (SSSR count). The number of hydrogen-bond donors (Lipinski definition) is 1. The fourth-order valence-electron chi connectivity index (χ4n) is 4.43. The van der Waals surface area contributed by atoms with Crippen molar-refractivity contribution < 1.29 is 13.9 Å². The molecule has 0 radical (unpaired) electrons. The van der Waals surface area contributed by atoms with E-state index in [0.29, 0.717) is 36.9 Å². The number of pyridine rings is 1. The van der Waals surface area contributed by atoms with E-state index in [9.17, 15) is 4.39 Å². The second-order valence-corrected chi connectivity index (χ2v) is 8.45. The van der Waals surface area contributed by atoms with Gasteiger partial charge in [0.2, 0.25) is 5.88 Å². The Labute approximate surface area is 186 Å². The van der Waals surface area contributed by atoms with Gasteiger partial charge in [-0.05, 0) is 45.0 Å². The Morgan fingerprint density at radius 1 is 1.28 bits per heavy atom. The van der Waals surface area contributed by atoms with E-state index in [1.807, 2.05) is 21.8 Å². The smallest absolute Gasteiger partial charge is 0.250 e. The molecular formula is C22H28FN7O2. The summed E-state index contributed by atoms with van der Waals surface area (Å²) >= 11 is 0. The number of nitrogens with one attached hydrogen (secondary N) is 1. The fraction of sp³-hybridized carbons (Fsp3) is 0.500. The number of methoxy groups -OCH3 is 1. The van der Waals surface area contributed by atoms with Crippen LogP contribution in [0.2, 0.25) is 0 Å². The maximum absolute atomic E-state index is 14.3. The number of piperidine rings is 1. The third-order valence-electron chi connectivity index (χ3n) is 6.24. The molecule has 0 aromatic carbocycles. The molecule has 2 aliphatic rings. The molecule has 3 aromatic rings. The highest BCUT2D eigenvalue weighted by Crippen LogP contribution is 2.33. The first-order chi connectivity index (χ1) is 15.6. The highest BCUT2D eigenvalue weighted by atomic mass is 19.1. The lowest BCUT2D eigenvalue weighted by molar-refractivity contribution is 0.159. The molecule has 0 bridgehead atoms. The summed E-state index contributed by atoms with van der Waals surface area (Å²) in [5.74, 6) is 0.921. The molecule has 0 saturated carbocycles. The van der Waals surface area contributed by atoms with Crippen LogP contribution < -0.4 is 10.1 Å². The van der Waals surface area contributed by atoms with Gasteiger partial charge in [0.15, 0.2) is 5.82 Å². The van der Waals surface area contributed by atoms with Gasteiger partial charge in [0.1, 0.15) is 18.2 Å². The molecule has 2 aliphatic heterocycles. The molecule has 0 amide bonds. The van der Waals surface area contributed by atoms with Crippen molar-refractivity contribution in [1.29, 1.82) is 0 Å². The summed E-state index contributed by atoms with van der Waals surface area (Å²) < 4.78 is 28.7. The average molecular weight is 442 g/mol. The molecule has 1 saturated heterocycles. The summed E-state index contributed by atoms with van der Waals surface area (Å²) in [4.78, 5) is 6.46. The summed E-state index contributed by atoms with van der Waals surface area (Å²) in [6.45, 7) is 4.10. The number of fused-ring (bicyclic) bond motifs is 1. The van der Waals surface area contributed by atoms with Gasteiger partial charge in [0.25, 0.3) is 0 Å².